The first-order valence-corrected chi connectivity index (χ1v) is 3.94. The van der Waals surface area contributed by atoms with Gasteiger partial charge in [-0.25, -0.2) is 8.78 Å². The number of carbonyl (C=O) groups excluding carboxylic acids is 2. The molecule has 0 aliphatic heterocycles. The predicted octanol–water partition coefficient (Wildman–Crippen LogP) is 2.64. The van der Waals surface area contributed by atoms with Crippen LogP contribution in [0, 0.1) is 0 Å². The minimum atomic E-state index is -2.74. The van der Waals surface area contributed by atoms with Gasteiger partial charge in [-0.2, -0.15) is 0 Å². The summed E-state index contributed by atoms with van der Waals surface area (Å²) in [6.07, 6.45) is -2.27. The maximum atomic E-state index is 12.4. The van der Waals surface area contributed by atoms with E-state index in [0.717, 1.165) is 6.07 Å². The van der Waals surface area contributed by atoms with Crippen LogP contribution in [0.5, 0.6) is 0 Å². The quantitative estimate of drug-likeness (QED) is 0.552. The van der Waals surface area contributed by atoms with Crippen LogP contribution in [-0.2, 0) is 0 Å². The van der Waals surface area contributed by atoms with E-state index in [1.54, 1.807) is 0 Å². The number of Topliss-reactive ketones (excluding diaryl/α,β-unsaturated/α-hetero) is 1. The van der Waals surface area contributed by atoms with Crippen LogP contribution in [0.4, 0.5) is 8.78 Å². The highest BCUT2D eigenvalue weighted by Crippen LogP contribution is 2.24. The Bertz CT molecular complexity index is 372. The summed E-state index contributed by atoms with van der Waals surface area (Å²) in [5.74, 6) is -0.433. The van der Waals surface area contributed by atoms with E-state index in [-0.39, 0.29) is 16.7 Å². The van der Waals surface area contributed by atoms with Gasteiger partial charge < -0.3 is 0 Å². The lowest BCUT2D eigenvalue weighted by Gasteiger charge is -2.05. The highest BCUT2D eigenvalue weighted by molar-refractivity contribution is 5.96. The van der Waals surface area contributed by atoms with Crippen LogP contribution in [0.2, 0.25) is 0 Å². The zero-order valence-corrected chi connectivity index (χ0v) is 7.46. The van der Waals surface area contributed by atoms with Gasteiger partial charge >= 0.3 is 0 Å². The van der Waals surface area contributed by atoms with Crippen molar-refractivity contribution >= 4 is 12.1 Å². The van der Waals surface area contributed by atoms with Crippen molar-refractivity contribution in [1.29, 1.82) is 0 Å². The van der Waals surface area contributed by atoms with E-state index >= 15 is 0 Å². The van der Waals surface area contributed by atoms with Gasteiger partial charge in [-0.15, -0.1) is 0 Å². The summed E-state index contributed by atoms with van der Waals surface area (Å²) in [5, 5.41) is 0. The molecule has 0 heterocycles. The van der Waals surface area contributed by atoms with Crippen LogP contribution in [-0.4, -0.2) is 12.1 Å². The molecule has 1 rings (SSSR count). The summed E-state index contributed by atoms with van der Waals surface area (Å²) in [4.78, 5) is 21.3. The SMILES string of the molecule is CC(=O)c1ccc(C=O)cc1C(F)F. The number of rotatable bonds is 3. The molecule has 0 aromatic heterocycles. The molecule has 2 nitrogen and oxygen atoms in total. The van der Waals surface area contributed by atoms with Crippen LogP contribution >= 0.6 is 0 Å². The summed E-state index contributed by atoms with van der Waals surface area (Å²) in [6.45, 7) is 1.21. The molecule has 0 unspecified atom stereocenters. The van der Waals surface area contributed by atoms with Crippen molar-refractivity contribution in [3.8, 4) is 0 Å². The Balaban J connectivity index is 3.30. The first-order chi connectivity index (χ1) is 6.56. The normalized spacial score (nSPS) is 10.3. The Morgan fingerprint density at radius 1 is 1.43 bits per heavy atom. The maximum Gasteiger partial charge on any atom is 0.264 e. The summed E-state index contributed by atoms with van der Waals surface area (Å²) in [7, 11) is 0. The fourth-order valence-electron chi connectivity index (χ4n) is 1.16. The van der Waals surface area contributed by atoms with Crippen molar-refractivity contribution in [2.24, 2.45) is 0 Å². The van der Waals surface area contributed by atoms with E-state index < -0.39 is 12.2 Å². The second-order valence-corrected chi connectivity index (χ2v) is 2.82. The third kappa shape index (κ3) is 2.02. The van der Waals surface area contributed by atoms with E-state index in [1.165, 1.54) is 19.1 Å². The van der Waals surface area contributed by atoms with Gasteiger partial charge in [0.2, 0.25) is 0 Å². The summed E-state index contributed by atoms with van der Waals surface area (Å²) >= 11 is 0. The van der Waals surface area contributed by atoms with Crippen molar-refractivity contribution in [3.63, 3.8) is 0 Å². The number of aldehydes is 1. The fourth-order valence-corrected chi connectivity index (χ4v) is 1.16. The van der Waals surface area contributed by atoms with E-state index in [9.17, 15) is 18.4 Å². The molecule has 1 aromatic carbocycles. The monoisotopic (exact) mass is 198 g/mol. The third-order valence-corrected chi connectivity index (χ3v) is 1.83. The standard InChI is InChI=1S/C10H8F2O2/c1-6(14)8-3-2-7(5-13)4-9(8)10(11)12/h2-5,10H,1H3. The first kappa shape index (κ1) is 10.5. The summed E-state index contributed by atoms with van der Waals surface area (Å²) in [6, 6.07) is 3.62. The van der Waals surface area contributed by atoms with E-state index in [1.807, 2.05) is 0 Å². The Labute approximate surface area is 79.5 Å². The smallest absolute Gasteiger partial charge is 0.264 e. The summed E-state index contributed by atoms with van der Waals surface area (Å²) in [5.41, 5.74) is -0.280. The van der Waals surface area contributed by atoms with Gasteiger partial charge in [0, 0.05) is 16.7 Å². The predicted molar refractivity (Wildman–Crippen MR) is 46.8 cm³/mol. The van der Waals surface area contributed by atoms with Crippen molar-refractivity contribution in [2.75, 3.05) is 0 Å². The van der Waals surface area contributed by atoms with Crippen molar-refractivity contribution in [1.82, 2.24) is 0 Å². The van der Waals surface area contributed by atoms with Crippen LogP contribution in [0.15, 0.2) is 18.2 Å². The zero-order chi connectivity index (χ0) is 10.7. The molecule has 0 fully saturated rings. The third-order valence-electron chi connectivity index (χ3n) is 1.83. The molecule has 1 aromatic rings. The Morgan fingerprint density at radius 2 is 2.07 bits per heavy atom. The molecule has 74 valence electrons. The van der Waals surface area contributed by atoms with E-state index in [4.69, 9.17) is 0 Å². The largest absolute Gasteiger partial charge is 0.298 e. The minimum absolute atomic E-state index is 0.0365. The van der Waals surface area contributed by atoms with Gasteiger partial charge in [-0.3, -0.25) is 9.59 Å². The second-order valence-electron chi connectivity index (χ2n) is 2.82. The van der Waals surface area contributed by atoms with Gasteiger partial charge in [0.15, 0.2) is 5.78 Å². The van der Waals surface area contributed by atoms with Crippen LogP contribution in [0.25, 0.3) is 0 Å². The van der Waals surface area contributed by atoms with Gasteiger partial charge in [-0.1, -0.05) is 12.1 Å². The van der Waals surface area contributed by atoms with Gasteiger partial charge in [0.25, 0.3) is 6.43 Å². The highest BCUT2D eigenvalue weighted by atomic mass is 19.3. The molecule has 0 amide bonds. The van der Waals surface area contributed by atoms with Crippen LogP contribution in [0.3, 0.4) is 0 Å². The minimum Gasteiger partial charge on any atom is -0.298 e. The molecule has 0 atom stereocenters. The first-order valence-electron chi connectivity index (χ1n) is 3.94. The molecule has 14 heavy (non-hydrogen) atoms. The number of ketones is 1. The molecular formula is C10H8F2O2. The van der Waals surface area contributed by atoms with Gasteiger partial charge in [0.05, 0.1) is 0 Å². The molecule has 0 bridgehead atoms. The maximum absolute atomic E-state index is 12.4. The number of benzene rings is 1. The number of hydrogen-bond acceptors (Lipinski definition) is 2. The molecule has 4 heteroatoms. The zero-order valence-electron chi connectivity index (χ0n) is 7.46. The lowest BCUT2D eigenvalue weighted by Crippen LogP contribution is -2.01. The van der Waals surface area contributed by atoms with E-state index in [2.05, 4.69) is 0 Å². The average molecular weight is 198 g/mol. The lowest BCUT2D eigenvalue weighted by atomic mass is 10.0. The van der Waals surface area contributed by atoms with Crippen LogP contribution in [0.1, 0.15) is 39.6 Å². The molecule has 0 N–H and O–H groups in total. The average Bonchev–Trinajstić information content (AvgIpc) is 2.16. The lowest BCUT2D eigenvalue weighted by molar-refractivity contribution is 0.0997. The molecule has 0 radical (unpaired) electrons. The molecule has 0 aliphatic rings. The topological polar surface area (TPSA) is 34.1 Å². The van der Waals surface area contributed by atoms with E-state index in [0.29, 0.717) is 6.29 Å². The molecule has 0 saturated heterocycles. The summed E-state index contributed by atoms with van der Waals surface area (Å²) < 4.78 is 24.9. The molecule has 0 aliphatic carbocycles. The molecule has 0 saturated carbocycles. The highest BCUT2D eigenvalue weighted by Gasteiger charge is 2.15. The number of alkyl halides is 2. The van der Waals surface area contributed by atoms with Gasteiger partial charge in [-0.05, 0) is 13.0 Å². The number of halogens is 2. The van der Waals surface area contributed by atoms with Crippen LogP contribution < -0.4 is 0 Å². The second kappa shape index (κ2) is 4.09. The van der Waals surface area contributed by atoms with Crippen molar-refractivity contribution in [3.05, 3.63) is 34.9 Å². The van der Waals surface area contributed by atoms with Crippen molar-refractivity contribution in [2.45, 2.75) is 13.3 Å². The fraction of sp³-hybridized carbons (Fsp3) is 0.200. The Morgan fingerprint density at radius 3 is 2.50 bits per heavy atom. The Kier molecular flexibility index (Phi) is 3.06. The van der Waals surface area contributed by atoms with Gasteiger partial charge in [0.1, 0.15) is 6.29 Å². The Hall–Kier alpha value is -1.58. The van der Waals surface area contributed by atoms with Crippen molar-refractivity contribution < 1.29 is 18.4 Å². The molecular weight excluding hydrogens is 190 g/mol. The molecule has 0 spiro atoms. The number of hydrogen-bond donors (Lipinski definition) is 0. The number of carbonyl (C=O) groups is 2.